The lowest BCUT2D eigenvalue weighted by atomic mass is 9.93. The van der Waals surface area contributed by atoms with Crippen LogP contribution >= 0.6 is 0 Å². The number of piperidine rings is 1. The second-order valence-electron chi connectivity index (χ2n) is 7.22. The maximum atomic E-state index is 13.1. The highest BCUT2D eigenvalue weighted by molar-refractivity contribution is 7.89. The topological polar surface area (TPSA) is 82.4 Å². The van der Waals surface area contributed by atoms with Crippen LogP contribution in [0.5, 0.6) is 0 Å². The van der Waals surface area contributed by atoms with Crippen LogP contribution in [0.3, 0.4) is 0 Å². The van der Waals surface area contributed by atoms with Crippen molar-refractivity contribution in [3.63, 3.8) is 0 Å². The Morgan fingerprint density at radius 3 is 2.89 bits per heavy atom. The van der Waals surface area contributed by atoms with E-state index in [-0.39, 0.29) is 10.9 Å². The van der Waals surface area contributed by atoms with Crippen LogP contribution in [0, 0.1) is 12.8 Å². The van der Waals surface area contributed by atoms with Gasteiger partial charge in [-0.25, -0.2) is 13.4 Å². The Bertz CT molecular complexity index is 1060. The predicted molar refractivity (Wildman–Crippen MR) is 104 cm³/mol. The summed E-state index contributed by atoms with van der Waals surface area (Å²) in [6, 6.07) is 5.59. The van der Waals surface area contributed by atoms with Crippen molar-refractivity contribution < 1.29 is 12.8 Å². The fourth-order valence-electron chi connectivity index (χ4n) is 3.95. The Balaban J connectivity index is 1.65. The molecule has 8 heteroatoms. The van der Waals surface area contributed by atoms with E-state index in [1.54, 1.807) is 17.4 Å². The van der Waals surface area contributed by atoms with Gasteiger partial charge in [0, 0.05) is 49.6 Å². The molecule has 1 saturated heterocycles. The lowest BCUT2D eigenvalue weighted by Gasteiger charge is -2.42. The smallest absolute Gasteiger partial charge is 0.246 e. The molecule has 1 N–H and O–H groups in total. The molecule has 4 heterocycles. The number of H-pyrrole nitrogens is 1. The molecule has 1 fully saturated rings. The maximum absolute atomic E-state index is 13.1. The SMILES string of the molecule is Cc1occc1S(=O)(=O)N1CC[C@@H](C)C(N(C)c2ccnc3[nH]ccc23)C1. The van der Waals surface area contributed by atoms with Crippen LogP contribution in [0.15, 0.2) is 46.2 Å². The minimum atomic E-state index is -3.56. The van der Waals surface area contributed by atoms with E-state index in [1.807, 2.05) is 25.4 Å². The number of nitrogens with one attached hydrogen (secondary N) is 1. The molecule has 3 aromatic rings. The van der Waals surface area contributed by atoms with Crippen LogP contribution in [-0.4, -0.2) is 48.9 Å². The van der Waals surface area contributed by atoms with E-state index >= 15 is 0 Å². The minimum absolute atomic E-state index is 0.0706. The summed E-state index contributed by atoms with van der Waals surface area (Å²) in [5.74, 6) is 0.802. The summed E-state index contributed by atoms with van der Waals surface area (Å²) < 4.78 is 33.0. The number of aryl methyl sites for hydroxylation is 1. The van der Waals surface area contributed by atoms with E-state index in [1.165, 1.54) is 12.3 Å². The largest absolute Gasteiger partial charge is 0.468 e. The molecule has 1 unspecified atom stereocenters. The number of rotatable bonds is 4. The van der Waals surface area contributed by atoms with Gasteiger partial charge in [0.1, 0.15) is 16.3 Å². The summed E-state index contributed by atoms with van der Waals surface area (Å²) in [4.78, 5) is 9.93. The third kappa shape index (κ3) is 3.02. The highest BCUT2D eigenvalue weighted by Crippen LogP contribution is 2.32. The molecule has 0 spiro atoms. The van der Waals surface area contributed by atoms with Gasteiger partial charge in [0.25, 0.3) is 0 Å². The van der Waals surface area contributed by atoms with Crippen molar-refractivity contribution in [3.05, 3.63) is 42.6 Å². The fraction of sp³-hybridized carbons (Fsp3) is 0.421. The summed E-state index contributed by atoms with van der Waals surface area (Å²) >= 11 is 0. The number of hydrogen-bond acceptors (Lipinski definition) is 5. The lowest BCUT2D eigenvalue weighted by Crippen LogP contribution is -2.52. The van der Waals surface area contributed by atoms with Crippen LogP contribution in [-0.2, 0) is 10.0 Å². The first-order chi connectivity index (χ1) is 12.9. The monoisotopic (exact) mass is 388 g/mol. The average molecular weight is 388 g/mol. The molecule has 7 nitrogen and oxygen atoms in total. The summed E-state index contributed by atoms with van der Waals surface area (Å²) in [7, 11) is -1.53. The number of hydrogen-bond donors (Lipinski definition) is 1. The highest BCUT2D eigenvalue weighted by atomic mass is 32.2. The van der Waals surface area contributed by atoms with Gasteiger partial charge in [0.2, 0.25) is 10.0 Å². The molecule has 0 bridgehead atoms. The number of fused-ring (bicyclic) bond motifs is 1. The van der Waals surface area contributed by atoms with E-state index in [0.717, 1.165) is 23.1 Å². The quantitative estimate of drug-likeness (QED) is 0.743. The molecule has 0 radical (unpaired) electrons. The minimum Gasteiger partial charge on any atom is -0.468 e. The standard InChI is InChI=1S/C19H24N4O3S/c1-13-6-10-23(27(24,25)18-7-11-26-14(18)2)12-17(13)22(3)16-5-9-21-19-15(16)4-8-20-19/h4-5,7-9,11,13,17H,6,10,12H2,1-3H3,(H,20,21)/t13-,17?/m1/s1. The van der Waals surface area contributed by atoms with Gasteiger partial charge in [-0.15, -0.1) is 0 Å². The van der Waals surface area contributed by atoms with Crippen LogP contribution in [0.25, 0.3) is 11.0 Å². The van der Waals surface area contributed by atoms with Gasteiger partial charge in [-0.05, 0) is 37.5 Å². The summed E-state index contributed by atoms with van der Waals surface area (Å²) in [5, 5.41) is 1.04. The first-order valence-electron chi connectivity index (χ1n) is 9.09. The molecule has 0 aliphatic carbocycles. The highest BCUT2D eigenvalue weighted by Gasteiger charge is 2.37. The number of furan rings is 1. The van der Waals surface area contributed by atoms with Crippen molar-refractivity contribution in [1.29, 1.82) is 0 Å². The van der Waals surface area contributed by atoms with Crippen molar-refractivity contribution in [2.45, 2.75) is 31.2 Å². The number of sulfonamides is 1. The fourth-order valence-corrected chi connectivity index (χ4v) is 5.57. The first kappa shape index (κ1) is 18.1. The molecular formula is C19H24N4O3S. The molecule has 0 aromatic carbocycles. The Kier molecular flexibility index (Phi) is 4.47. The van der Waals surface area contributed by atoms with Crippen LogP contribution in [0.2, 0.25) is 0 Å². The molecule has 1 aliphatic rings. The molecule has 0 saturated carbocycles. The molecule has 3 aromatic heterocycles. The van der Waals surface area contributed by atoms with Crippen molar-refractivity contribution in [2.24, 2.45) is 5.92 Å². The van der Waals surface area contributed by atoms with Crippen molar-refractivity contribution in [3.8, 4) is 0 Å². The molecule has 144 valence electrons. The molecular weight excluding hydrogens is 364 g/mol. The maximum Gasteiger partial charge on any atom is 0.246 e. The Morgan fingerprint density at radius 2 is 2.15 bits per heavy atom. The van der Waals surface area contributed by atoms with E-state index in [4.69, 9.17) is 4.42 Å². The van der Waals surface area contributed by atoms with Gasteiger partial charge in [-0.2, -0.15) is 4.31 Å². The Labute approximate surface area is 159 Å². The second-order valence-corrected chi connectivity index (χ2v) is 9.12. The summed E-state index contributed by atoms with van der Waals surface area (Å²) in [5.41, 5.74) is 1.89. The molecule has 2 atom stereocenters. The molecule has 4 rings (SSSR count). The lowest BCUT2D eigenvalue weighted by molar-refractivity contribution is 0.247. The van der Waals surface area contributed by atoms with Crippen molar-refractivity contribution in [1.82, 2.24) is 14.3 Å². The van der Waals surface area contributed by atoms with E-state index in [9.17, 15) is 8.42 Å². The normalized spacial score (nSPS) is 21.6. The van der Waals surface area contributed by atoms with E-state index in [0.29, 0.717) is 24.8 Å². The summed E-state index contributed by atoms with van der Waals surface area (Å²) in [6.45, 7) is 4.83. The Hall–Kier alpha value is -2.32. The molecule has 0 amide bonds. The zero-order chi connectivity index (χ0) is 19.2. The van der Waals surface area contributed by atoms with Crippen LogP contribution in [0.4, 0.5) is 5.69 Å². The van der Waals surface area contributed by atoms with Gasteiger partial charge in [-0.3, -0.25) is 0 Å². The average Bonchev–Trinajstić information content (AvgIpc) is 3.30. The third-order valence-electron chi connectivity index (χ3n) is 5.63. The van der Waals surface area contributed by atoms with Crippen LogP contribution < -0.4 is 4.90 Å². The molecule has 27 heavy (non-hydrogen) atoms. The van der Waals surface area contributed by atoms with Gasteiger partial charge < -0.3 is 14.3 Å². The van der Waals surface area contributed by atoms with Gasteiger partial charge in [0.15, 0.2) is 0 Å². The third-order valence-corrected chi connectivity index (χ3v) is 7.62. The second kappa shape index (κ2) is 6.69. The van der Waals surface area contributed by atoms with Crippen LogP contribution in [0.1, 0.15) is 19.1 Å². The van der Waals surface area contributed by atoms with Gasteiger partial charge in [0.05, 0.1) is 6.26 Å². The number of likely N-dealkylation sites (N-methyl/N-ethyl adjacent to an activating group) is 1. The zero-order valence-corrected chi connectivity index (χ0v) is 16.5. The van der Waals surface area contributed by atoms with Gasteiger partial charge in [-0.1, -0.05) is 6.92 Å². The Morgan fingerprint density at radius 1 is 1.33 bits per heavy atom. The zero-order valence-electron chi connectivity index (χ0n) is 15.7. The number of aromatic nitrogens is 2. The number of anilines is 1. The summed E-state index contributed by atoms with van der Waals surface area (Å²) in [6.07, 6.45) is 5.89. The number of aromatic amines is 1. The first-order valence-corrected chi connectivity index (χ1v) is 10.5. The van der Waals surface area contributed by atoms with E-state index < -0.39 is 10.0 Å². The predicted octanol–water partition coefficient (Wildman–Crippen LogP) is 3.00. The van der Waals surface area contributed by atoms with E-state index in [2.05, 4.69) is 21.8 Å². The van der Waals surface area contributed by atoms with Crippen molar-refractivity contribution >= 4 is 26.7 Å². The van der Waals surface area contributed by atoms with Gasteiger partial charge >= 0.3 is 0 Å². The molecule has 1 aliphatic heterocycles. The number of nitrogens with zero attached hydrogens (tertiary/aromatic N) is 3. The van der Waals surface area contributed by atoms with Crippen molar-refractivity contribution in [2.75, 3.05) is 25.0 Å². The number of pyridine rings is 1.